The molecule has 0 saturated heterocycles. The van der Waals surface area contributed by atoms with Crippen molar-refractivity contribution in [3.8, 4) is 0 Å². The van der Waals surface area contributed by atoms with Crippen molar-refractivity contribution in [2.24, 2.45) is 5.73 Å². The number of H-pyrrole nitrogens is 1. The van der Waals surface area contributed by atoms with Crippen LogP contribution < -0.4 is 16.8 Å². The minimum atomic E-state index is -0.418. The molecular formula is C12H15N5O. The third-order valence-electron chi connectivity index (χ3n) is 2.73. The second kappa shape index (κ2) is 4.79. The van der Waals surface area contributed by atoms with E-state index in [2.05, 4.69) is 15.5 Å². The lowest BCUT2D eigenvalue weighted by Gasteiger charge is -2.08. The van der Waals surface area contributed by atoms with Crippen LogP contribution in [0.2, 0.25) is 0 Å². The van der Waals surface area contributed by atoms with Gasteiger partial charge in [-0.1, -0.05) is 0 Å². The maximum Gasteiger partial charge on any atom is 0.248 e. The Hall–Kier alpha value is -2.50. The predicted molar refractivity (Wildman–Crippen MR) is 70.0 cm³/mol. The number of nitrogens with two attached hydrogens (primary N) is 2. The molecule has 1 aromatic carbocycles. The molecule has 0 spiro atoms. The maximum atomic E-state index is 11.1. The Morgan fingerprint density at radius 1 is 1.50 bits per heavy atom. The van der Waals surface area contributed by atoms with Crippen molar-refractivity contribution in [3.63, 3.8) is 0 Å². The van der Waals surface area contributed by atoms with E-state index in [4.69, 9.17) is 11.5 Å². The zero-order chi connectivity index (χ0) is 13.1. The zero-order valence-corrected chi connectivity index (χ0v) is 10.0. The van der Waals surface area contributed by atoms with Crippen LogP contribution in [-0.2, 0) is 6.54 Å². The summed E-state index contributed by atoms with van der Waals surface area (Å²) < 4.78 is 0. The second-order valence-electron chi connectivity index (χ2n) is 4.06. The Balaban J connectivity index is 2.09. The number of benzene rings is 1. The largest absolute Gasteiger partial charge is 0.384 e. The topological polar surface area (TPSA) is 110 Å². The van der Waals surface area contributed by atoms with Gasteiger partial charge in [0.25, 0.3) is 0 Å². The van der Waals surface area contributed by atoms with Gasteiger partial charge in [0.2, 0.25) is 5.91 Å². The first-order valence-corrected chi connectivity index (χ1v) is 5.50. The maximum absolute atomic E-state index is 11.1. The van der Waals surface area contributed by atoms with Gasteiger partial charge in [0.05, 0.1) is 6.20 Å². The Labute approximate surface area is 104 Å². The van der Waals surface area contributed by atoms with E-state index in [0.29, 0.717) is 17.9 Å². The summed E-state index contributed by atoms with van der Waals surface area (Å²) in [6, 6.07) is 5.39. The van der Waals surface area contributed by atoms with Crippen LogP contribution in [0.15, 0.2) is 24.4 Å². The molecule has 2 aromatic rings. The number of nitrogen functional groups attached to an aromatic ring is 1. The minimum Gasteiger partial charge on any atom is -0.384 e. The summed E-state index contributed by atoms with van der Waals surface area (Å²) in [5, 5.41) is 9.71. The smallest absolute Gasteiger partial charge is 0.248 e. The average molecular weight is 245 g/mol. The van der Waals surface area contributed by atoms with Gasteiger partial charge in [-0.3, -0.25) is 9.89 Å². The minimum absolute atomic E-state index is 0.418. The molecule has 6 N–H and O–H groups in total. The molecule has 2 rings (SSSR count). The monoisotopic (exact) mass is 245 g/mol. The van der Waals surface area contributed by atoms with Crippen molar-refractivity contribution < 1.29 is 4.79 Å². The predicted octanol–water partition coefficient (Wildman–Crippen LogP) is 1.01. The molecule has 18 heavy (non-hydrogen) atoms. The highest BCUT2D eigenvalue weighted by Gasteiger charge is 2.06. The molecule has 0 radical (unpaired) electrons. The number of carbonyl (C=O) groups excluding carboxylic acids is 1. The highest BCUT2D eigenvalue weighted by molar-refractivity contribution is 5.94. The van der Waals surface area contributed by atoms with Gasteiger partial charge in [0, 0.05) is 23.4 Å². The Kier molecular flexibility index (Phi) is 3.18. The Morgan fingerprint density at radius 3 is 2.83 bits per heavy atom. The van der Waals surface area contributed by atoms with Crippen LogP contribution in [0.3, 0.4) is 0 Å². The zero-order valence-electron chi connectivity index (χ0n) is 10.0. The third kappa shape index (κ3) is 2.42. The van der Waals surface area contributed by atoms with Gasteiger partial charge in [0.15, 0.2) is 0 Å². The molecule has 1 heterocycles. The number of primary amides is 1. The summed E-state index contributed by atoms with van der Waals surface area (Å²) in [4.78, 5) is 11.1. The van der Waals surface area contributed by atoms with Gasteiger partial charge in [-0.05, 0) is 30.7 Å². The standard InChI is InChI=1S/C12H15N5O/c1-7-4-9(2-3-10(7)12(14)18)15-5-8-6-16-17-11(8)13/h2-4,6,15H,5H2,1H3,(H2,14,18)(H3,13,16,17). The van der Waals surface area contributed by atoms with E-state index in [1.807, 2.05) is 19.1 Å². The van der Waals surface area contributed by atoms with E-state index < -0.39 is 5.91 Å². The molecule has 1 aromatic heterocycles. The van der Waals surface area contributed by atoms with Crippen molar-refractivity contribution in [1.29, 1.82) is 0 Å². The summed E-state index contributed by atoms with van der Waals surface area (Å²) in [6.07, 6.45) is 1.67. The molecule has 6 heteroatoms. The molecule has 0 aliphatic heterocycles. The number of carbonyl (C=O) groups is 1. The van der Waals surface area contributed by atoms with Crippen LogP contribution in [0.5, 0.6) is 0 Å². The van der Waals surface area contributed by atoms with E-state index in [0.717, 1.165) is 16.8 Å². The van der Waals surface area contributed by atoms with Gasteiger partial charge in [0.1, 0.15) is 5.82 Å². The molecular weight excluding hydrogens is 230 g/mol. The molecule has 0 bridgehead atoms. The first-order valence-electron chi connectivity index (χ1n) is 5.50. The average Bonchev–Trinajstić information content (AvgIpc) is 2.72. The third-order valence-corrected chi connectivity index (χ3v) is 2.73. The van der Waals surface area contributed by atoms with Crippen molar-refractivity contribution in [2.75, 3.05) is 11.1 Å². The number of amides is 1. The van der Waals surface area contributed by atoms with E-state index >= 15 is 0 Å². The summed E-state index contributed by atoms with van der Waals surface area (Å²) >= 11 is 0. The van der Waals surface area contributed by atoms with Crippen LogP contribution in [0.4, 0.5) is 11.5 Å². The normalized spacial score (nSPS) is 10.3. The molecule has 94 valence electrons. The number of aromatic amines is 1. The molecule has 0 saturated carbocycles. The molecule has 6 nitrogen and oxygen atoms in total. The highest BCUT2D eigenvalue weighted by Crippen LogP contribution is 2.16. The van der Waals surface area contributed by atoms with Crippen LogP contribution >= 0.6 is 0 Å². The Bertz CT molecular complexity index is 576. The van der Waals surface area contributed by atoms with E-state index in [1.165, 1.54) is 0 Å². The lowest BCUT2D eigenvalue weighted by Crippen LogP contribution is -2.12. The summed E-state index contributed by atoms with van der Waals surface area (Å²) in [5.74, 6) is 0.131. The number of nitrogens with zero attached hydrogens (tertiary/aromatic N) is 1. The van der Waals surface area contributed by atoms with Crippen LogP contribution in [0.1, 0.15) is 21.5 Å². The van der Waals surface area contributed by atoms with Crippen molar-refractivity contribution in [3.05, 3.63) is 41.1 Å². The fourth-order valence-corrected chi connectivity index (χ4v) is 1.71. The van der Waals surface area contributed by atoms with Crippen LogP contribution in [0, 0.1) is 6.92 Å². The van der Waals surface area contributed by atoms with Gasteiger partial charge in [-0.2, -0.15) is 5.10 Å². The number of aromatic nitrogens is 2. The second-order valence-corrected chi connectivity index (χ2v) is 4.06. The fourth-order valence-electron chi connectivity index (χ4n) is 1.71. The first-order chi connectivity index (χ1) is 8.58. The number of rotatable bonds is 4. The number of hydrogen-bond donors (Lipinski definition) is 4. The van der Waals surface area contributed by atoms with E-state index in [9.17, 15) is 4.79 Å². The SMILES string of the molecule is Cc1cc(NCc2cn[nH]c2N)ccc1C(N)=O. The summed E-state index contributed by atoms with van der Waals surface area (Å²) in [6.45, 7) is 2.41. The molecule has 0 unspecified atom stereocenters. The molecule has 0 fully saturated rings. The van der Waals surface area contributed by atoms with Gasteiger partial charge < -0.3 is 16.8 Å². The molecule has 1 amide bonds. The van der Waals surface area contributed by atoms with Gasteiger partial charge in [-0.25, -0.2) is 0 Å². The van der Waals surface area contributed by atoms with Crippen molar-refractivity contribution in [1.82, 2.24) is 10.2 Å². The summed E-state index contributed by atoms with van der Waals surface area (Å²) in [7, 11) is 0. The fraction of sp³-hybridized carbons (Fsp3) is 0.167. The lowest BCUT2D eigenvalue weighted by molar-refractivity contribution is 0.1000. The number of anilines is 2. The summed E-state index contributed by atoms with van der Waals surface area (Å²) in [5.41, 5.74) is 14.1. The quantitative estimate of drug-likeness (QED) is 0.644. The van der Waals surface area contributed by atoms with Crippen molar-refractivity contribution >= 4 is 17.4 Å². The van der Waals surface area contributed by atoms with E-state index in [-0.39, 0.29) is 0 Å². The number of nitrogens with one attached hydrogen (secondary N) is 2. The van der Waals surface area contributed by atoms with E-state index in [1.54, 1.807) is 12.3 Å². The lowest BCUT2D eigenvalue weighted by atomic mass is 10.1. The molecule has 0 atom stereocenters. The van der Waals surface area contributed by atoms with Gasteiger partial charge >= 0.3 is 0 Å². The van der Waals surface area contributed by atoms with Crippen LogP contribution in [-0.4, -0.2) is 16.1 Å². The molecule has 0 aliphatic carbocycles. The molecule has 0 aliphatic rings. The van der Waals surface area contributed by atoms with Gasteiger partial charge in [-0.15, -0.1) is 0 Å². The first kappa shape index (κ1) is 12.0. The number of hydrogen-bond acceptors (Lipinski definition) is 4. The van der Waals surface area contributed by atoms with Crippen LogP contribution in [0.25, 0.3) is 0 Å². The highest BCUT2D eigenvalue weighted by atomic mass is 16.1. The Morgan fingerprint density at radius 2 is 2.28 bits per heavy atom. The van der Waals surface area contributed by atoms with Crippen molar-refractivity contribution in [2.45, 2.75) is 13.5 Å². The number of aryl methyl sites for hydroxylation is 1.